The highest BCUT2D eigenvalue weighted by atomic mass is 16.7. The van der Waals surface area contributed by atoms with Gasteiger partial charge in [0.1, 0.15) is 6.61 Å². The zero-order chi connectivity index (χ0) is 16.5. The van der Waals surface area contributed by atoms with E-state index in [1.165, 1.54) is 0 Å². The van der Waals surface area contributed by atoms with Crippen LogP contribution in [0.15, 0.2) is 18.2 Å². The average molecular weight is 333 g/mol. The normalized spacial score (nSPS) is 25.3. The summed E-state index contributed by atoms with van der Waals surface area (Å²) in [6.07, 6.45) is 2.08. The third-order valence-electron chi connectivity index (χ3n) is 4.56. The molecule has 0 N–H and O–H groups in total. The van der Waals surface area contributed by atoms with Crippen molar-refractivity contribution in [2.24, 2.45) is 5.92 Å². The molecule has 0 aromatic heterocycles. The first-order valence-electron chi connectivity index (χ1n) is 8.19. The maximum atomic E-state index is 12.3. The van der Waals surface area contributed by atoms with Gasteiger partial charge in [0.25, 0.3) is 0 Å². The van der Waals surface area contributed by atoms with Gasteiger partial charge in [-0.2, -0.15) is 0 Å². The van der Waals surface area contributed by atoms with E-state index in [0.717, 1.165) is 19.4 Å². The van der Waals surface area contributed by atoms with E-state index in [1.54, 1.807) is 23.1 Å². The predicted molar refractivity (Wildman–Crippen MR) is 83.0 cm³/mol. The van der Waals surface area contributed by atoms with Crippen LogP contribution in [0.5, 0.6) is 11.5 Å². The highest BCUT2D eigenvalue weighted by Crippen LogP contribution is 2.37. The van der Waals surface area contributed by atoms with Gasteiger partial charge in [-0.3, -0.25) is 9.59 Å². The minimum atomic E-state index is -0.440. The van der Waals surface area contributed by atoms with Gasteiger partial charge in [-0.05, 0) is 25.0 Å². The van der Waals surface area contributed by atoms with Crippen LogP contribution in [0.4, 0.5) is 5.69 Å². The third-order valence-corrected chi connectivity index (χ3v) is 4.56. The minimum Gasteiger partial charge on any atom is -0.463 e. The Labute approximate surface area is 139 Å². The molecule has 1 aromatic rings. The van der Waals surface area contributed by atoms with Gasteiger partial charge in [0.15, 0.2) is 11.5 Å². The Bertz CT molecular complexity index is 654. The van der Waals surface area contributed by atoms with Crippen molar-refractivity contribution < 1.29 is 28.5 Å². The lowest BCUT2D eigenvalue weighted by atomic mass is 10.1. The molecule has 0 unspecified atom stereocenters. The highest BCUT2D eigenvalue weighted by molar-refractivity contribution is 5.99. The molecule has 7 nitrogen and oxygen atoms in total. The number of hydrogen-bond donors (Lipinski definition) is 0. The van der Waals surface area contributed by atoms with E-state index in [2.05, 4.69) is 0 Å². The van der Waals surface area contributed by atoms with E-state index in [0.29, 0.717) is 23.7 Å². The van der Waals surface area contributed by atoms with Gasteiger partial charge in [-0.1, -0.05) is 0 Å². The number of anilines is 1. The lowest BCUT2D eigenvalue weighted by molar-refractivity contribution is -0.151. The predicted octanol–water partition coefficient (Wildman–Crippen LogP) is 1.49. The molecule has 3 aliphatic rings. The molecule has 3 heterocycles. The molecule has 1 amide bonds. The third kappa shape index (κ3) is 2.91. The Morgan fingerprint density at radius 3 is 3.00 bits per heavy atom. The maximum absolute atomic E-state index is 12.3. The van der Waals surface area contributed by atoms with Crippen molar-refractivity contribution in [3.8, 4) is 11.5 Å². The van der Waals surface area contributed by atoms with Crippen LogP contribution in [-0.4, -0.2) is 44.5 Å². The average Bonchev–Trinajstić information content (AvgIpc) is 3.32. The Hall–Kier alpha value is -2.28. The number of fused-ring (bicyclic) bond motifs is 1. The Balaban J connectivity index is 1.38. The second kappa shape index (κ2) is 6.32. The lowest BCUT2D eigenvalue weighted by Crippen LogP contribution is -2.27. The summed E-state index contributed by atoms with van der Waals surface area (Å²) in [5, 5.41) is 0. The topological polar surface area (TPSA) is 74.3 Å². The summed E-state index contributed by atoms with van der Waals surface area (Å²) >= 11 is 0. The summed E-state index contributed by atoms with van der Waals surface area (Å²) in [6, 6.07) is 5.33. The Morgan fingerprint density at radius 1 is 1.29 bits per heavy atom. The fraction of sp³-hybridized carbons (Fsp3) is 0.529. The summed E-state index contributed by atoms with van der Waals surface area (Å²) in [7, 11) is 0. The number of carbonyl (C=O) groups is 2. The van der Waals surface area contributed by atoms with E-state index < -0.39 is 5.92 Å². The fourth-order valence-electron chi connectivity index (χ4n) is 3.24. The molecule has 7 heteroatoms. The number of hydrogen-bond acceptors (Lipinski definition) is 6. The highest BCUT2D eigenvalue weighted by Gasteiger charge is 2.37. The molecule has 24 heavy (non-hydrogen) atoms. The molecule has 1 aromatic carbocycles. The number of esters is 1. The summed E-state index contributed by atoms with van der Waals surface area (Å²) in [5.41, 5.74) is 0.707. The van der Waals surface area contributed by atoms with Crippen molar-refractivity contribution in [2.75, 3.05) is 31.5 Å². The molecule has 2 fully saturated rings. The van der Waals surface area contributed by atoms with Crippen LogP contribution >= 0.6 is 0 Å². The quantitative estimate of drug-likeness (QED) is 0.777. The van der Waals surface area contributed by atoms with Crippen LogP contribution < -0.4 is 14.4 Å². The number of nitrogens with zero attached hydrogens (tertiary/aromatic N) is 1. The molecule has 0 aliphatic carbocycles. The van der Waals surface area contributed by atoms with Crippen molar-refractivity contribution in [1.82, 2.24) is 0 Å². The molecular formula is C17H19NO6. The van der Waals surface area contributed by atoms with Gasteiger partial charge in [0.05, 0.1) is 12.0 Å². The molecule has 4 rings (SSSR count). The van der Waals surface area contributed by atoms with Crippen molar-refractivity contribution >= 4 is 17.6 Å². The number of ether oxygens (including phenoxy) is 4. The molecule has 0 spiro atoms. The smallest absolute Gasteiger partial charge is 0.311 e. The van der Waals surface area contributed by atoms with Crippen LogP contribution in [0.1, 0.15) is 19.3 Å². The van der Waals surface area contributed by atoms with Crippen molar-refractivity contribution in [1.29, 1.82) is 0 Å². The molecule has 3 aliphatic heterocycles. The van der Waals surface area contributed by atoms with Crippen LogP contribution in [0.2, 0.25) is 0 Å². The molecule has 0 radical (unpaired) electrons. The Morgan fingerprint density at radius 2 is 2.17 bits per heavy atom. The first kappa shape index (κ1) is 15.3. The molecule has 0 saturated carbocycles. The number of amides is 1. The van der Waals surface area contributed by atoms with Crippen LogP contribution in [-0.2, 0) is 19.1 Å². The fourth-order valence-corrected chi connectivity index (χ4v) is 3.24. The van der Waals surface area contributed by atoms with Gasteiger partial charge in [-0.15, -0.1) is 0 Å². The number of benzene rings is 1. The van der Waals surface area contributed by atoms with Crippen LogP contribution in [0.25, 0.3) is 0 Å². The van der Waals surface area contributed by atoms with E-state index in [9.17, 15) is 9.59 Å². The molecule has 128 valence electrons. The summed E-state index contributed by atoms with van der Waals surface area (Å²) in [4.78, 5) is 26.1. The zero-order valence-electron chi connectivity index (χ0n) is 13.2. The van der Waals surface area contributed by atoms with E-state index in [1.807, 2.05) is 0 Å². The number of carbonyl (C=O) groups excluding carboxylic acids is 2. The van der Waals surface area contributed by atoms with Gasteiger partial charge < -0.3 is 23.8 Å². The zero-order valence-corrected chi connectivity index (χ0v) is 13.2. The van der Waals surface area contributed by atoms with Crippen LogP contribution in [0, 0.1) is 5.92 Å². The van der Waals surface area contributed by atoms with Crippen LogP contribution in [0.3, 0.4) is 0 Å². The maximum Gasteiger partial charge on any atom is 0.311 e. The Kier molecular flexibility index (Phi) is 4.02. The number of rotatable bonds is 4. The van der Waals surface area contributed by atoms with Gasteiger partial charge in [0, 0.05) is 31.3 Å². The molecule has 2 atom stereocenters. The van der Waals surface area contributed by atoms with E-state index in [-0.39, 0.29) is 37.8 Å². The summed E-state index contributed by atoms with van der Waals surface area (Å²) in [6.45, 7) is 1.50. The summed E-state index contributed by atoms with van der Waals surface area (Å²) in [5.74, 6) is 0.418. The first-order valence-corrected chi connectivity index (χ1v) is 8.19. The largest absolute Gasteiger partial charge is 0.463 e. The second-order valence-corrected chi connectivity index (χ2v) is 6.21. The molecule has 0 bridgehead atoms. The van der Waals surface area contributed by atoms with Gasteiger partial charge in [-0.25, -0.2) is 0 Å². The second-order valence-electron chi connectivity index (χ2n) is 6.21. The van der Waals surface area contributed by atoms with Gasteiger partial charge in [0.2, 0.25) is 12.7 Å². The van der Waals surface area contributed by atoms with Gasteiger partial charge >= 0.3 is 5.97 Å². The van der Waals surface area contributed by atoms with Crippen molar-refractivity contribution in [3.05, 3.63) is 18.2 Å². The van der Waals surface area contributed by atoms with E-state index in [4.69, 9.17) is 18.9 Å². The molecular weight excluding hydrogens is 314 g/mol. The SMILES string of the molecule is O=C(OC[C@H]1CCCO1)[C@@H]1CC(=O)N(c2ccc3c(c2)OCO3)C1. The molecule has 2 saturated heterocycles. The minimum absolute atomic E-state index is 0.00369. The lowest BCUT2D eigenvalue weighted by Gasteiger charge is -2.17. The van der Waals surface area contributed by atoms with Crippen molar-refractivity contribution in [3.63, 3.8) is 0 Å². The summed E-state index contributed by atoms with van der Waals surface area (Å²) < 4.78 is 21.4. The van der Waals surface area contributed by atoms with E-state index >= 15 is 0 Å². The monoisotopic (exact) mass is 333 g/mol. The first-order chi connectivity index (χ1) is 11.7. The standard InChI is InChI=1S/C17H19NO6/c19-16-6-11(17(20)22-9-13-2-1-5-21-13)8-18(16)12-3-4-14-15(7-12)24-10-23-14/h3-4,7,11,13H,1-2,5-6,8-10H2/t11-,13-/m1/s1. The van der Waals surface area contributed by atoms with Crippen molar-refractivity contribution in [2.45, 2.75) is 25.4 Å².